The highest BCUT2D eigenvalue weighted by atomic mass is 35.5. The predicted molar refractivity (Wildman–Crippen MR) is 106 cm³/mol. The summed E-state index contributed by atoms with van der Waals surface area (Å²) >= 11 is 6.21. The van der Waals surface area contributed by atoms with Gasteiger partial charge >= 0.3 is 0 Å². The molecule has 3 N–H and O–H groups in total. The number of carbonyl (C=O) groups is 1. The summed E-state index contributed by atoms with van der Waals surface area (Å²) in [4.78, 5) is 17.1. The number of aromatic nitrogens is 1. The highest BCUT2D eigenvalue weighted by Gasteiger charge is 2.18. The maximum absolute atomic E-state index is 13.7. The SMILES string of the molecule is Cc1cc(C)c(/C=C(\C(=O)CNC(C)C)c2cc(N)c(F)cc2Cl)cn1. The van der Waals surface area contributed by atoms with Gasteiger partial charge in [-0.05, 0) is 49.2 Å². The highest BCUT2D eigenvalue weighted by molar-refractivity contribution is 6.36. The minimum absolute atomic E-state index is 0.0568. The molecule has 0 fully saturated rings. The van der Waals surface area contributed by atoms with Crippen molar-refractivity contribution in [3.05, 3.63) is 57.6 Å². The lowest BCUT2D eigenvalue weighted by Crippen LogP contribution is -2.29. The van der Waals surface area contributed by atoms with Crippen LogP contribution in [0.1, 0.15) is 36.2 Å². The lowest BCUT2D eigenvalue weighted by molar-refractivity contribution is -0.113. The maximum Gasteiger partial charge on any atom is 0.177 e. The van der Waals surface area contributed by atoms with Gasteiger partial charge in [0.15, 0.2) is 5.78 Å². The first-order valence-electron chi connectivity index (χ1n) is 8.35. The molecule has 1 aromatic carbocycles. The van der Waals surface area contributed by atoms with Gasteiger partial charge in [-0.15, -0.1) is 0 Å². The number of nitrogens with one attached hydrogen (secondary N) is 1. The molecule has 138 valence electrons. The fourth-order valence-electron chi connectivity index (χ4n) is 2.49. The molecule has 0 bridgehead atoms. The zero-order chi connectivity index (χ0) is 19.4. The number of nitrogen functional groups attached to an aromatic ring is 1. The molecule has 0 aliphatic carbocycles. The number of hydrogen-bond acceptors (Lipinski definition) is 4. The van der Waals surface area contributed by atoms with Crippen molar-refractivity contribution in [3.8, 4) is 0 Å². The number of aryl methyl sites for hydroxylation is 2. The minimum Gasteiger partial charge on any atom is -0.396 e. The van der Waals surface area contributed by atoms with Gasteiger partial charge in [0.25, 0.3) is 0 Å². The Morgan fingerprint density at radius 1 is 1.35 bits per heavy atom. The van der Waals surface area contributed by atoms with Crippen molar-refractivity contribution < 1.29 is 9.18 Å². The second-order valence-electron chi connectivity index (χ2n) is 6.55. The average Bonchev–Trinajstić information content (AvgIpc) is 2.56. The zero-order valence-corrected chi connectivity index (χ0v) is 16.1. The van der Waals surface area contributed by atoms with Crippen LogP contribution in [-0.4, -0.2) is 23.4 Å². The van der Waals surface area contributed by atoms with Crippen LogP contribution in [-0.2, 0) is 4.79 Å². The number of nitrogens with zero attached hydrogens (tertiary/aromatic N) is 1. The summed E-state index contributed by atoms with van der Waals surface area (Å²) in [6.45, 7) is 7.88. The molecule has 6 heteroatoms. The van der Waals surface area contributed by atoms with E-state index in [0.29, 0.717) is 11.1 Å². The molecule has 1 heterocycles. The molecule has 0 saturated carbocycles. The summed E-state index contributed by atoms with van der Waals surface area (Å²) in [6, 6.07) is 4.61. The van der Waals surface area contributed by atoms with E-state index >= 15 is 0 Å². The second kappa shape index (κ2) is 8.43. The molecule has 0 aliphatic heterocycles. The predicted octanol–water partition coefficient (Wildman–Crippen LogP) is 4.18. The standard InChI is InChI=1S/C20H23ClFN3O/c1-11(2)24-10-20(26)16(6-14-9-25-13(4)5-12(14)3)15-7-19(23)18(22)8-17(15)21/h5-9,11,24H,10,23H2,1-4H3/b16-6-. The number of halogens is 2. The number of nitrogens with two attached hydrogens (primary N) is 1. The molecule has 4 nitrogen and oxygen atoms in total. The molecule has 26 heavy (non-hydrogen) atoms. The lowest BCUT2D eigenvalue weighted by atomic mass is 9.97. The van der Waals surface area contributed by atoms with Gasteiger partial charge in [0.05, 0.1) is 17.3 Å². The molecule has 0 spiro atoms. The topological polar surface area (TPSA) is 68.0 Å². The van der Waals surface area contributed by atoms with E-state index in [2.05, 4.69) is 10.3 Å². The number of hydrogen-bond donors (Lipinski definition) is 2. The van der Waals surface area contributed by atoms with E-state index in [1.807, 2.05) is 33.8 Å². The largest absolute Gasteiger partial charge is 0.396 e. The Labute approximate surface area is 158 Å². The van der Waals surface area contributed by atoms with Crippen molar-refractivity contribution in [2.24, 2.45) is 0 Å². The van der Waals surface area contributed by atoms with Crippen molar-refractivity contribution in [1.29, 1.82) is 0 Å². The molecular weight excluding hydrogens is 353 g/mol. The normalized spacial score (nSPS) is 11.9. The average molecular weight is 376 g/mol. The monoisotopic (exact) mass is 375 g/mol. The number of pyridine rings is 1. The first-order valence-corrected chi connectivity index (χ1v) is 8.73. The third-order valence-electron chi connectivity index (χ3n) is 3.94. The van der Waals surface area contributed by atoms with Crippen LogP contribution in [0, 0.1) is 19.7 Å². The van der Waals surface area contributed by atoms with Crippen molar-refractivity contribution in [2.45, 2.75) is 33.7 Å². The fraction of sp³-hybridized carbons (Fsp3) is 0.300. The Hall–Kier alpha value is -2.24. The Balaban J connectivity index is 2.57. The Kier molecular flexibility index (Phi) is 6.51. The molecule has 0 radical (unpaired) electrons. The van der Waals surface area contributed by atoms with Crippen molar-refractivity contribution in [2.75, 3.05) is 12.3 Å². The van der Waals surface area contributed by atoms with E-state index in [1.165, 1.54) is 6.07 Å². The van der Waals surface area contributed by atoms with Gasteiger partial charge in [-0.3, -0.25) is 9.78 Å². The third-order valence-corrected chi connectivity index (χ3v) is 4.25. The van der Waals surface area contributed by atoms with E-state index in [1.54, 1.807) is 12.3 Å². The molecular formula is C20H23ClFN3O. The van der Waals surface area contributed by atoms with Crippen LogP contribution in [0.5, 0.6) is 0 Å². The summed E-state index contributed by atoms with van der Waals surface area (Å²) < 4.78 is 13.7. The smallest absolute Gasteiger partial charge is 0.177 e. The van der Waals surface area contributed by atoms with Gasteiger partial charge in [0, 0.05) is 29.1 Å². The second-order valence-corrected chi connectivity index (χ2v) is 6.96. The summed E-state index contributed by atoms with van der Waals surface area (Å²) in [5.74, 6) is -0.773. The van der Waals surface area contributed by atoms with E-state index in [4.69, 9.17) is 17.3 Å². The molecule has 2 rings (SSSR count). The van der Waals surface area contributed by atoms with Gasteiger partial charge in [0.1, 0.15) is 5.82 Å². The number of Topliss-reactive ketones (excluding diaryl/α,β-unsaturated/α-hetero) is 1. The number of carbonyl (C=O) groups excluding carboxylic acids is 1. The summed E-state index contributed by atoms with van der Waals surface area (Å²) in [6.07, 6.45) is 3.43. The van der Waals surface area contributed by atoms with Crippen LogP contribution in [0.2, 0.25) is 5.02 Å². The Morgan fingerprint density at radius 2 is 2.04 bits per heavy atom. The highest BCUT2D eigenvalue weighted by Crippen LogP contribution is 2.30. The van der Waals surface area contributed by atoms with Gasteiger partial charge in [-0.1, -0.05) is 25.4 Å². The molecule has 2 aromatic rings. The Morgan fingerprint density at radius 3 is 2.65 bits per heavy atom. The number of anilines is 1. The number of rotatable bonds is 6. The van der Waals surface area contributed by atoms with Crippen molar-refractivity contribution >= 4 is 34.7 Å². The van der Waals surface area contributed by atoms with Crippen molar-refractivity contribution in [3.63, 3.8) is 0 Å². The third kappa shape index (κ3) is 4.90. The maximum atomic E-state index is 13.7. The van der Waals surface area contributed by atoms with E-state index < -0.39 is 5.82 Å². The van der Waals surface area contributed by atoms with Gasteiger partial charge in [-0.25, -0.2) is 4.39 Å². The van der Waals surface area contributed by atoms with Crippen LogP contribution < -0.4 is 11.1 Å². The summed E-state index contributed by atoms with van der Waals surface area (Å²) in [5, 5.41) is 3.23. The Bertz CT molecular complexity index is 862. The van der Waals surface area contributed by atoms with E-state index in [0.717, 1.165) is 22.9 Å². The van der Waals surface area contributed by atoms with E-state index in [-0.39, 0.29) is 29.1 Å². The van der Waals surface area contributed by atoms with Crippen molar-refractivity contribution in [1.82, 2.24) is 10.3 Å². The van der Waals surface area contributed by atoms with Crippen LogP contribution in [0.3, 0.4) is 0 Å². The lowest BCUT2D eigenvalue weighted by Gasteiger charge is -2.13. The van der Waals surface area contributed by atoms with Crippen LogP contribution in [0.25, 0.3) is 11.6 Å². The minimum atomic E-state index is -0.612. The molecule has 0 aliphatic rings. The number of benzene rings is 1. The van der Waals surface area contributed by atoms with Crippen LogP contribution >= 0.6 is 11.6 Å². The first kappa shape index (κ1) is 20.1. The van der Waals surface area contributed by atoms with Crippen LogP contribution in [0.15, 0.2) is 24.4 Å². The molecule has 0 saturated heterocycles. The summed E-state index contributed by atoms with van der Waals surface area (Å²) in [7, 11) is 0. The fourth-order valence-corrected chi connectivity index (χ4v) is 2.74. The molecule has 0 atom stereocenters. The molecule has 0 amide bonds. The quantitative estimate of drug-likeness (QED) is 0.587. The number of ketones is 1. The molecule has 1 aromatic heterocycles. The first-order chi connectivity index (χ1) is 12.2. The van der Waals surface area contributed by atoms with Gasteiger partial charge in [-0.2, -0.15) is 0 Å². The van der Waals surface area contributed by atoms with Gasteiger partial charge < -0.3 is 11.1 Å². The molecule has 0 unspecified atom stereocenters. The van der Waals surface area contributed by atoms with E-state index in [9.17, 15) is 9.18 Å². The van der Waals surface area contributed by atoms with Crippen LogP contribution in [0.4, 0.5) is 10.1 Å². The van der Waals surface area contributed by atoms with Gasteiger partial charge in [0.2, 0.25) is 0 Å². The zero-order valence-electron chi connectivity index (χ0n) is 15.4. The summed E-state index contributed by atoms with van der Waals surface area (Å²) in [5.41, 5.74) is 9.06.